The minimum Gasteiger partial charge on any atom is -0.513 e. The van der Waals surface area contributed by atoms with Crippen LogP contribution in [0.1, 0.15) is 30.4 Å². The van der Waals surface area contributed by atoms with Crippen LogP contribution in [-0.4, -0.2) is 25.8 Å². The first kappa shape index (κ1) is 18.2. The standard InChI is InChI=1S/C20H21NO4S/c1-15-9-11-19(12-10-15)26(23,24)21-14-16-5-2-3-8-20(16)25-18-7-4-6-17(22)13-18/h2-3,5,8-14,18,22H,4,6-7H2,1H3/b21-14-. The van der Waals surface area contributed by atoms with E-state index in [2.05, 4.69) is 4.40 Å². The monoisotopic (exact) mass is 371 g/mol. The number of allylic oxidation sites excluding steroid dienone is 1. The number of para-hydroxylation sites is 1. The van der Waals surface area contributed by atoms with Crippen LogP contribution in [0.2, 0.25) is 0 Å². The van der Waals surface area contributed by atoms with Crippen molar-refractivity contribution < 1.29 is 18.3 Å². The van der Waals surface area contributed by atoms with E-state index in [1.165, 1.54) is 6.21 Å². The van der Waals surface area contributed by atoms with Crippen molar-refractivity contribution in [2.45, 2.75) is 37.2 Å². The topological polar surface area (TPSA) is 76.0 Å². The lowest BCUT2D eigenvalue weighted by atomic mass is 10.0. The highest BCUT2D eigenvalue weighted by atomic mass is 32.2. The molecule has 5 nitrogen and oxygen atoms in total. The molecular weight excluding hydrogens is 350 g/mol. The molecule has 0 saturated carbocycles. The Morgan fingerprint density at radius 2 is 1.88 bits per heavy atom. The second kappa shape index (κ2) is 7.74. The Hall–Kier alpha value is -2.60. The molecule has 6 heteroatoms. The summed E-state index contributed by atoms with van der Waals surface area (Å²) in [6.07, 6.45) is 5.09. The Bertz CT molecular complexity index is 931. The van der Waals surface area contributed by atoms with Crippen LogP contribution in [0.4, 0.5) is 0 Å². The zero-order valence-corrected chi connectivity index (χ0v) is 15.3. The zero-order chi connectivity index (χ0) is 18.6. The summed E-state index contributed by atoms with van der Waals surface area (Å²) in [7, 11) is -3.77. The van der Waals surface area contributed by atoms with Gasteiger partial charge in [-0.2, -0.15) is 12.8 Å². The number of rotatable bonds is 5. The van der Waals surface area contributed by atoms with E-state index in [9.17, 15) is 13.5 Å². The predicted molar refractivity (Wildman–Crippen MR) is 101 cm³/mol. The first-order valence-corrected chi connectivity index (χ1v) is 9.90. The molecular formula is C20H21NO4S. The van der Waals surface area contributed by atoms with Crippen molar-refractivity contribution in [3.8, 4) is 5.75 Å². The van der Waals surface area contributed by atoms with Gasteiger partial charge in [0, 0.05) is 12.0 Å². The van der Waals surface area contributed by atoms with Crippen molar-refractivity contribution in [1.29, 1.82) is 0 Å². The average molecular weight is 371 g/mol. The maximum absolute atomic E-state index is 12.4. The lowest BCUT2D eigenvalue weighted by Crippen LogP contribution is -2.18. The van der Waals surface area contributed by atoms with Gasteiger partial charge in [0.05, 0.1) is 16.9 Å². The molecule has 1 atom stereocenters. The lowest BCUT2D eigenvalue weighted by molar-refractivity contribution is 0.211. The molecule has 0 aliphatic heterocycles. The molecule has 1 aliphatic rings. The average Bonchev–Trinajstić information content (AvgIpc) is 2.61. The third kappa shape index (κ3) is 4.52. The van der Waals surface area contributed by atoms with Gasteiger partial charge in [0.1, 0.15) is 11.9 Å². The van der Waals surface area contributed by atoms with Gasteiger partial charge < -0.3 is 9.84 Å². The van der Waals surface area contributed by atoms with Crippen LogP contribution in [0.5, 0.6) is 5.75 Å². The van der Waals surface area contributed by atoms with Crippen LogP contribution < -0.4 is 4.74 Å². The van der Waals surface area contributed by atoms with Gasteiger partial charge in [-0.15, -0.1) is 0 Å². The molecule has 26 heavy (non-hydrogen) atoms. The summed E-state index contributed by atoms with van der Waals surface area (Å²) >= 11 is 0. The van der Waals surface area contributed by atoms with E-state index >= 15 is 0 Å². The Morgan fingerprint density at radius 3 is 2.62 bits per heavy atom. The molecule has 2 aromatic rings. The van der Waals surface area contributed by atoms with Crippen molar-refractivity contribution >= 4 is 16.2 Å². The number of hydrogen-bond donors (Lipinski definition) is 1. The third-order valence-corrected chi connectivity index (χ3v) is 5.40. The molecule has 136 valence electrons. The molecule has 0 aromatic heterocycles. The smallest absolute Gasteiger partial charge is 0.282 e. The molecule has 0 heterocycles. The minimum absolute atomic E-state index is 0.151. The van der Waals surface area contributed by atoms with Gasteiger partial charge in [-0.1, -0.05) is 29.8 Å². The number of aliphatic hydroxyl groups excluding tert-OH is 1. The van der Waals surface area contributed by atoms with Gasteiger partial charge in [0.25, 0.3) is 10.0 Å². The van der Waals surface area contributed by atoms with Gasteiger partial charge in [0.15, 0.2) is 0 Å². The number of nitrogens with zero attached hydrogens (tertiary/aromatic N) is 1. The Labute approximate surface area is 153 Å². The lowest BCUT2D eigenvalue weighted by Gasteiger charge is -2.20. The maximum atomic E-state index is 12.4. The first-order valence-electron chi connectivity index (χ1n) is 8.46. The summed E-state index contributed by atoms with van der Waals surface area (Å²) in [6.45, 7) is 1.89. The summed E-state index contributed by atoms with van der Waals surface area (Å²) in [5.41, 5.74) is 1.55. The molecule has 0 fully saturated rings. The molecule has 3 rings (SSSR count). The molecule has 0 radical (unpaired) electrons. The molecule has 0 amide bonds. The highest BCUT2D eigenvalue weighted by Gasteiger charge is 2.16. The zero-order valence-electron chi connectivity index (χ0n) is 14.5. The van der Waals surface area contributed by atoms with Crippen molar-refractivity contribution in [1.82, 2.24) is 0 Å². The van der Waals surface area contributed by atoms with E-state index in [-0.39, 0.29) is 11.0 Å². The minimum atomic E-state index is -3.77. The molecule has 0 bridgehead atoms. The predicted octanol–water partition coefficient (Wildman–Crippen LogP) is 4.18. The normalized spacial score (nSPS) is 17.9. The maximum Gasteiger partial charge on any atom is 0.282 e. The molecule has 0 spiro atoms. The van der Waals surface area contributed by atoms with E-state index in [0.717, 1.165) is 18.4 Å². The highest BCUT2D eigenvalue weighted by Crippen LogP contribution is 2.24. The van der Waals surface area contributed by atoms with Crippen LogP contribution in [0.15, 0.2) is 69.7 Å². The van der Waals surface area contributed by atoms with Gasteiger partial charge in [-0.05, 0) is 50.1 Å². The molecule has 0 saturated heterocycles. The Kier molecular flexibility index (Phi) is 5.42. The fourth-order valence-corrected chi connectivity index (χ4v) is 3.57. The fourth-order valence-electron chi connectivity index (χ4n) is 2.71. The van der Waals surface area contributed by atoms with Crippen molar-refractivity contribution in [3.05, 3.63) is 71.5 Å². The number of benzene rings is 2. The number of sulfonamides is 1. The van der Waals surface area contributed by atoms with E-state index < -0.39 is 10.0 Å². The molecule has 1 N–H and O–H groups in total. The van der Waals surface area contributed by atoms with Crippen molar-refractivity contribution in [2.75, 3.05) is 0 Å². The summed E-state index contributed by atoms with van der Waals surface area (Å²) in [5, 5.41) is 9.66. The van der Waals surface area contributed by atoms with E-state index in [1.54, 1.807) is 48.5 Å². The fraction of sp³-hybridized carbons (Fsp3) is 0.250. The van der Waals surface area contributed by atoms with Crippen LogP contribution in [-0.2, 0) is 10.0 Å². The van der Waals surface area contributed by atoms with Crippen LogP contribution in [0, 0.1) is 6.92 Å². The van der Waals surface area contributed by atoms with Gasteiger partial charge >= 0.3 is 0 Å². The summed E-state index contributed by atoms with van der Waals surface area (Å²) in [4.78, 5) is 0.151. The number of aliphatic hydroxyl groups is 1. The molecule has 2 aromatic carbocycles. The highest BCUT2D eigenvalue weighted by molar-refractivity contribution is 7.90. The molecule has 1 unspecified atom stereocenters. The quantitative estimate of drug-likeness (QED) is 0.800. The number of aryl methyl sites for hydroxylation is 1. The largest absolute Gasteiger partial charge is 0.513 e. The van der Waals surface area contributed by atoms with Crippen molar-refractivity contribution in [3.63, 3.8) is 0 Å². The van der Waals surface area contributed by atoms with E-state index in [1.807, 2.05) is 13.0 Å². The Morgan fingerprint density at radius 1 is 1.15 bits per heavy atom. The van der Waals surface area contributed by atoms with Crippen LogP contribution in [0.3, 0.4) is 0 Å². The summed E-state index contributed by atoms with van der Waals surface area (Å²) < 4.78 is 34.5. The number of ether oxygens (including phenoxy) is 1. The summed E-state index contributed by atoms with van der Waals surface area (Å²) in [6, 6.07) is 13.7. The first-order chi connectivity index (χ1) is 12.4. The van der Waals surface area contributed by atoms with Crippen molar-refractivity contribution in [2.24, 2.45) is 4.40 Å². The van der Waals surface area contributed by atoms with Gasteiger partial charge in [0.2, 0.25) is 0 Å². The SMILES string of the molecule is Cc1ccc(S(=O)(=O)/N=C\c2ccccc2OC2C=C(O)CCC2)cc1. The number of hydrogen-bond acceptors (Lipinski definition) is 4. The van der Waals surface area contributed by atoms with Crippen LogP contribution in [0.25, 0.3) is 0 Å². The van der Waals surface area contributed by atoms with E-state index in [4.69, 9.17) is 4.74 Å². The second-order valence-electron chi connectivity index (χ2n) is 6.27. The summed E-state index contributed by atoms with van der Waals surface area (Å²) in [5.74, 6) is 0.862. The molecule has 1 aliphatic carbocycles. The van der Waals surface area contributed by atoms with E-state index in [0.29, 0.717) is 23.5 Å². The van der Waals surface area contributed by atoms with Gasteiger partial charge in [-0.25, -0.2) is 0 Å². The van der Waals surface area contributed by atoms with Gasteiger partial charge in [-0.3, -0.25) is 0 Å². The Balaban J connectivity index is 1.82. The van der Waals surface area contributed by atoms with Crippen LogP contribution >= 0.6 is 0 Å². The third-order valence-electron chi connectivity index (χ3n) is 4.15. The second-order valence-corrected chi connectivity index (χ2v) is 7.90.